The van der Waals surface area contributed by atoms with Crippen LogP contribution in [0, 0.1) is 0 Å². The smallest absolute Gasteiger partial charge is 0.240 e. The number of pyridine rings is 1. The van der Waals surface area contributed by atoms with Crippen molar-refractivity contribution in [1.82, 2.24) is 20.1 Å². The normalized spacial score (nSPS) is 12.2. The molecule has 0 bridgehead atoms. The summed E-state index contributed by atoms with van der Waals surface area (Å²) in [5, 5.41) is 17.1. The van der Waals surface area contributed by atoms with Crippen LogP contribution in [0.1, 0.15) is 43.9 Å². The zero-order chi connectivity index (χ0) is 27.3. The molecule has 0 fully saturated rings. The van der Waals surface area contributed by atoms with Crippen LogP contribution in [0.3, 0.4) is 0 Å². The van der Waals surface area contributed by atoms with E-state index in [1.807, 2.05) is 35.1 Å². The number of primary amides is 1. The van der Waals surface area contributed by atoms with E-state index in [0.717, 1.165) is 28.1 Å². The summed E-state index contributed by atoms with van der Waals surface area (Å²) in [5.41, 5.74) is 11.0. The fourth-order valence-corrected chi connectivity index (χ4v) is 4.19. The summed E-state index contributed by atoms with van der Waals surface area (Å²) in [4.78, 5) is 29.1. The highest BCUT2D eigenvalue weighted by molar-refractivity contribution is 5.87. The summed E-state index contributed by atoms with van der Waals surface area (Å²) in [6.07, 6.45) is 6.20. The summed E-state index contributed by atoms with van der Waals surface area (Å²) in [6.45, 7) is 6.52. The third kappa shape index (κ3) is 6.64. The first-order chi connectivity index (χ1) is 18.1. The highest BCUT2D eigenvalue weighted by Crippen LogP contribution is 2.26. The first-order valence-electron chi connectivity index (χ1n) is 12.6. The molecule has 1 atom stereocenters. The molecule has 0 aliphatic carbocycles. The van der Waals surface area contributed by atoms with Crippen molar-refractivity contribution in [2.75, 3.05) is 0 Å². The van der Waals surface area contributed by atoms with E-state index in [1.165, 1.54) is 17.7 Å². The van der Waals surface area contributed by atoms with Crippen molar-refractivity contribution < 1.29 is 14.7 Å². The molecule has 0 spiro atoms. The third-order valence-corrected chi connectivity index (χ3v) is 6.40. The summed E-state index contributed by atoms with van der Waals surface area (Å²) in [7, 11) is 0. The van der Waals surface area contributed by atoms with E-state index in [9.17, 15) is 14.7 Å². The van der Waals surface area contributed by atoms with Crippen molar-refractivity contribution in [1.29, 1.82) is 0 Å². The molecule has 0 aliphatic heterocycles. The average molecular weight is 512 g/mol. The van der Waals surface area contributed by atoms with Crippen molar-refractivity contribution >= 4 is 11.8 Å². The molecule has 2 aromatic carbocycles. The van der Waals surface area contributed by atoms with Gasteiger partial charge in [0.2, 0.25) is 11.8 Å². The molecule has 4 rings (SSSR count). The SMILES string of the molecule is CC(C)(C)c1ccc(-n2cc(CCC(=O)N[C@@H](Cc3ccc(O)cc3)C(N)=O)c(-c3cccnc3)n2)cc1. The van der Waals surface area contributed by atoms with Gasteiger partial charge in [0, 0.05) is 37.0 Å². The highest BCUT2D eigenvalue weighted by Gasteiger charge is 2.20. The van der Waals surface area contributed by atoms with Gasteiger partial charge in [0.25, 0.3) is 0 Å². The Morgan fingerprint density at radius 3 is 2.37 bits per heavy atom. The number of phenolic OH excluding ortho intramolecular Hbond substituents is 1. The van der Waals surface area contributed by atoms with Crippen molar-refractivity contribution in [2.45, 2.75) is 51.5 Å². The molecule has 0 saturated heterocycles. The van der Waals surface area contributed by atoms with E-state index >= 15 is 0 Å². The first kappa shape index (κ1) is 26.6. The van der Waals surface area contributed by atoms with Crippen LogP contribution >= 0.6 is 0 Å². The molecule has 2 amide bonds. The molecule has 8 nitrogen and oxygen atoms in total. The van der Waals surface area contributed by atoms with E-state index in [-0.39, 0.29) is 29.9 Å². The van der Waals surface area contributed by atoms with Crippen LogP contribution in [0.5, 0.6) is 5.75 Å². The number of benzene rings is 2. The van der Waals surface area contributed by atoms with Crippen LogP contribution in [0.4, 0.5) is 0 Å². The molecule has 4 N–H and O–H groups in total. The Labute approximate surface area is 222 Å². The number of nitrogens with one attached hydrogen (secondary N) is 1. The Morgan fingerprint density at radius 1 is 1.05 bits per heavy atom. The number of rotatable bonds is 9. The molecule has 4 aromatic rings. The number of hydrogen-bond acceptors (Lipinski definition) is 5. The monoisotopic (exact) mass is 511 g/mol. The summed E-state index contributed by atoms with van der Waals surface area (Å²) in [6, 6.07) is 17.7. The van der Waals surface area contributed by atoms with Crippen molar-refractivity contribution in [3.63, 3.8) is 0 Å². The maximum atomic E-state index is 12.8. The highest BCUT2D eigenvalue weighted by atomic mass is 16.3. The van der Waals surface area contributed by atoms with Gasteiger partial charge < -0.3 is 16.2 Å². The molecule has 38 heavy (non-hydrogen) atoms. The zero-order valence-electron chi connectivity index (χ0n) is 21.9. The second-order valence-corrected chi connectivity index (χ2v) is 10.4. The second-order valence-electron chi connectivity index (χ2n) is 10.4. The number of aryl methyl sites for hydroxylation is 1. The lowest BCUT2D eigenvalue weighted by molar-refractivity contribution is -0.127. The van der Waals surface area contributed by atoms with E-state index in [2.05, 4.69) is 43.2 Å². The Hall–Kier alpha value is -4.46. The first-order valence-corrected chi connectivity index (χ1v) is 12.6. The predicted octanol–water partition coefficient (Wildman–Crippen LogP) is 4.08. The Morgan fingerprint density at radius 2 is 1.76 bits per heavy atom. The fourth-order valence-electron chi connectivity index (χ4n) is 4.19. The fraction of sp³-hybridized carbons (Fsp3) is 0.267. The molecular weight excluding hydrogens is 478 g/mol. The standard InChI is InChI=1S/C30H33N5O3/c1-30(2,3)23-9-11-24(12-10-23)35-19-22(28(34-35)21-5-4-16-32-18-21)8-15-27(37)33-26(29(31)38)17-20-6-13-25(36)14-7-20/h4-7,9-14,16,18-19,26,36H,8,15,17H2,1-3H3,(H2,31,38)(H,33,37)/t26-/m0/s1. The minimum Gasteiger partial charge on any atom is -0.508 e. The molecule has 0 saturated carbocycles. The number of carbonyl (C=O) groups excluding carboxylic acids is 2. The van der Waals surface area contributed by atoms with Gasteiger partial charge in [-0.2, -0.15) is 5.10 Å². The summed E-state index contributed by atoms with van der Waals surface area (Å²) >= 11 is 0. The van der Waals surface area contributed by atoms with Crippen LogP contribution in [0.25, 0.3) is 16.9 Å². The van der Waals surface area contributed by atoms with Gasteiger partial charge in [0.05, 0.1) is 11.4 Å². The average Bonchev–Trinajstić information content (AvgIpc) is 3.33. The quantitative estimate of drug-likeness (QED) is 0.312. The van der Waals surface area contributed by atoms with E-state index in [4.69, 9.17) is 10.8 Å². The minimum atomic E-state index is -0.853. The Kier molecular flexibility index (Phi) is 7.90. The maximum Gasteiger partial charge on any atom is 0.240 e. The van der Waals surface area contributed by atoms with Gasteiger partial charge >= 0.3 is 0 Å². The number of aromatic nitrogens is 3. The number of nitrogens with two attached hydrogens (primary N) is 1. The van der Waals surface area contributed by atoms with Crippen LogP contribution in [-0.2, 0) is 27.8 Å². The van der Waals surface area contributed by atoms with Gasteiger partial charge in [-0.25, -0.2) is 4.68 Å². The van der Waals surface area contributed by atoms with Gasteiger partial charge in [-0.15, -0.1) is 0 Å². The van der Waals surface area contributed by atoms with Gasteiger partial charge in [0.1, 0.15) is 11.8 Å². The van der Waals surface area contributed by atoms with Gasteiger partial charge in [-0.1, -0.05) is 45.0 Å². The molecule has 196 valence electrons. The van der Waals surface area contributed by atoms with Crippen molar-refractivity contribution in [3.8, 4) is 22.7 Å². The van der Waals surface area contributed by atoms with E-state index in [1.54, 1.807) is 24.5 Å². The van der Waals surface area contributed by atoms with E-state index < -0.39 is 11.9 Å². The summed E-state index contributed by atoms with van der Waals surface area (Å²) < 4.78 is 1.82. The number of hydrogen-bond donors (Lipinski definition) is 3. The number of phenols is 1. The number of carbonyl (C=O) groups is 2. The van der Waals surface area contributed by atoms with Crippen LogP contribution < -0.4 is 11.1 Å². The Bertz CT molecular complexity index is 1390. The number of aromatic hydroxyl groups is 1. The minimum absolute atomic E-state index is 0.0487. The topological polar surface area (TPSA) is 123 Å². The van der Waals surface area contributed by atoms with E-state index in [0.29, 0.717) is 6.42 Å². The molecule has 2 heterocycles. The molecule has 8 heteroatoms. The van der Waals surface area contributed by atoms with Gasteiger partial charge in [0.15, 0.2) is 0 Å². The molecule has 0 unspecified atom stereocenters. The third-order valence-electron chi connectivity index (χ3n) is 6.40. The predicted molar refractivity (Wildman–Crippen MR) is 147 cm³/mol. The van der Waals surface area contributed by atoms with Crippen molar-refractivity contribution in [3.05, 3.63) is 95.9 Å². The molecular formula is C30H33N5O3. The Balaban J connectivity index is 1.51. The lowest BCUT2D eigenvalue weighted by atomic mass is 9.87. The number of amides is 2. The van der Waals surface area contributed by atoms with Crippen LogP contribution in [0.15, 0.2) is 79.3 Å². The maximum absolute atomic E-state index is 12.8. The van der Waals surface area contributed by atoms with Crippen LogP contribution in [-0.4, -0.2) is 37.7 Å². The number of nitrogens with zero attached hydrogens (tertiary/aromatic N) is 3. The lowest BCUT2D eigenvalue weighted by Crippen LogP contribution is -2.45. The zero-order valence-corrected chi connectivity index (χ0v) is 21.9. The molecule has 2 aromatic heterocycles. The van der Waals surface area contributed by atoms with Crippen LogP contribution in [0.2, 0.25) is 0 Å². The lowest BCUT2D eigenvalue weighted by Gasteiger charge is -2.19. The largest absolute Gasteiger partial charge is 0.508 e. The molecule has 0 aliphatic rings. The molecule has 0 radical (unpaired) electrons. The second kappa shape index (κ2) is 11.3. The summed E-state index contributed by atoms with van der Waals surface area (Å²) in [5.74, 6) is -0.774. The van der Waals surface area contributed by atoms with Gasteiger partial charge in [-0.3, -0.25) is 14.6 Å². The van der Waals surface area contributed by atoms with Crippen molar-refractivity contribution in [2.24, 2.45) is 5.73 Å². The van der Waals surface area contributed by atoms with Gasteiger partial charge in [-0.05, 0) is 64.9 Å².